The highest BCUT2D eigenvalue weighted by atomic mass is 35.6. The summed E-state index contributed by atoms with van der Waals surface area (Å²) in [6.07, 6.45) is -12.8. The molecule has 1 aromatic rings. The summed E-state index contributed by atoms with van der Waals surface area (Å²) >= 11 is 17.5. The lowest BCUT2D eigenvalue weighted by Crippen LogP contribution is -2.66. The second-order valence-corrected chi connectivity index (χ2v) is 12.8. The number of ether oxygens (including phenoxy) is 9. The molecule has 14 nitrogen and oxygen atoms in total. The third-order valence-corrected chi connectivity index (χ3v) is 7.25. The maximum atomic E-state index is 12.4. The Labute approximate surface area is 280 Å². The third kappa shape index (κ3) is 10.4. The van der Waals surface area contributed by atoms with Gasteiger partial charge in [0, 0.05) is 27.7 Å². The third-order valence-electron chi connectivity index (χ3n) is 6.73. The monoisotopic (exact) mass is 711 g/mol. The summed E-state index contributed by atoms with van der Waals surface area (Å²) in [6.45, 7) is 7.69. The molecule has 2 heterocycles. The Morgan fingerprint density at radius 2 is 1.13 bits per heavy atom. The Hall–Kier alpha value is -2.72. The molecule has 0 bridgehead atoms. The Kier molecular flexibility index (Phi) is 13.5. The van der Waals surface area contributed by atoms with Gasteiger partial charge in [0.05, 0.1) is 18.8 Å². The van der Waals surface area contributed by atoms with Gasteiger partial charge in [-0.3, -0.25) is 24.6 Å². The van der Waals surface area contributed by atoms with E-state index in [9.17, 15) is 19.2 Å². The minimum Gasteiger partial charge on any atom is -0.456 e. The number of rotatable bonds is 10. The number of esters is 4. The van der Waals surface area contributed by atoms with Gasteiger partial charge in [0.2, 0.25) is 12.2 Å². The van der Waals surface area contributed by atoms with Crippen LogP contribution in [-0.2, 0) is 68.4 Å². The smallest absolute Gasteiger partial charge is 0.303 e. The molecular weight excluding hydrogens is 677 g/mol. The molecule has 256 valence electrons. The number of carbonyl (C=O) groups is 4. The van der Waals surface area contributed by atoms with E-state index in [-0.39, 0.29) is 6.61 Å². The van der Waals surface area contributed by atoms with Crippen LogP contribution in [0.3, 0.4) is 0 Å². The summed E-state index contributed by atoms with van der Waals surface area (Å²) in [5, 5.41) is 8.10. The molecule has 0 radical (unpaired) electrons. The minimum absolute atomic E-state index is 0.0568. The minimum atomic E-state index is -2.30. The molecule has 1 aromatic carbocycles. The van der Waals surface area contributed by atoms with Crippen LogP contribution in [-0.4, -0.2) is 95.0 Å². The van der Waals surface area contributed by atoms with Gasteiger partial charge in [-0.1, -0.05) is 65.1 Å². The largest absolute Gasteiger partial charge is 0.456 e. The number of carbonyl (C=O) groups excluding carboxylic acids is 4. The number of nitrogens with one attached hydrogen (secondary N) is 1. The van der Waals surface area contributed by atoms with Crippen molar-refractivity contribution >= 4 is 64.6 Å². The summed E-state index contributed by atoms with van der Waals surface area (Å²) in [7, 11) is 0. The highest BCUT2D eigenvalue weighted by Crippen LogP contribution is 2.37. The molecule has 2 aliphatic rings. The van der Waals surface area contributed by atoms with E-state index in [2.05, 4.69) is 0 Å². The van der Waals surface area contributed by atoms with Crippen LogP contribution in [0, 0.1) is 5.41 Å². The van der Waals surface area contributed by atoms with Crippen LogP contribution in [0.4, 0.5) is 0 Å². The van der Waals surface area contributed by atoms with Gasteiger partial charge < -0.3 is 42.6 Å². The first-order valence-corrected chi connectivity index (χ1v) is 15.2. The fourth-order valence-electron chi connectivity index (χ4n) is 4.95. The van der Waals surface area contributed by atoms with Crippen LogP contribution in [0.25, 0.3) is 0 Å². The van der Waals surface area contributed by atoms with E-state index in [0.29, 0.717) is 0 Å². The van der Waals surface area contributed by atoms with Crippen molar-refractivity contribution in [3.05, 3.63) is 35.9 Å². The maximum Gasteiger partial charge on any atom is 0.303 e. The molecule has 46 heavy (non-hydrogen) atoms. The van der Waals surface area contributed by atoms with Crippen molar-refractivity contribution in [2.75, 3.05) is 0 Å². The van der Waals surface area contributed by atoms with E-state index in [0.717, 1.165) is 33.3 Å². The molecule has 2 aliphatic heterocycles. The standard InChI is InChI=1S/C29H36Cl3NO13/c1-13-20(38-12-19-10-8-7-9-11-19)22(24(43-17(5)36)27(39-13)46-28(33)29(30,31)32)45-26-25(44-18(6)37)23(42-16(4)35)21(14(2)40-26)41-15(3)34/h7-11,13-14,20-27,33H,12H2,1-6H3/t13-,14-,20-,21-,22+,23+,24+,25+,26-,27-/m0/s1. The number of benzene rings is 1. The average molecular weight is 713 g/mol. The van der Waals surface area contributed by atoms with Crippen LogP contribution >= 0.6 is 34.8 Å². The first-order valence-electron chi connectivity index (χ1n) is 14.1. The lowest BCUT2D eigenvalue weighted by atomic mass is 9.96. The van der Waals surface area contributed by atoms with E-state index in [1.807, 2.05) is 30.3 Å². The van der Waals surface area contributed by atoms with Gasteiger partial charge in [0.25, 0.3) is 3.79 Å². The Balaban J connectivity index is 2.07. The molecule has 1 N–H and O–H groups in total. The highest BCUT2D eigenvalue weighted by molar-refractivity contribution is 6.76. The van der Waals surface area contributed by atoms with Gasteiger partial charge in [-0.15, -0.1) is 0 Å². The quantitative estimate of drug-likeness (QED) is 0.123. The van der Waals surface area contributed by atoms with Gasteiger partial charge in [-0.05, 0) is 19.4 Å². The molecule has 3 rings (SSSR count). The van der Waals surface area contributed by atoms with Crippen molar-refractivity contribution in [3.8, 4) is 0 Å². The average Bonchev–Trinajstić information content (AvgIpc) is 2.93. The van der Waals surface area contributed by atoms with Crippen LogP contribution in [0.15, 0.2) is 30.3 Å². The van der Waals surface area contributed by atoms with E-state index >= 15 is 0 Å². The predicted molar refractivity (Wildman–Crippen MR) is 160 cm³/mol. The zero-order valence-electron chi connectivity index (χ0n) is 25.8. The van der Waals surface area contributed by atoms with E-state index in [4.69, 9.17) is 82.8 Å². The van der Waals surface area contributed by atoms with E-state index < -0.39 is 95.0 Å². The van der Waals surface area contributed by atoms with Crippen molar-refractivity contribution in [1.82, 2.24) is 0 Å². The van der Waals surface area contributed by atoms with Gasteiger partial charge in [-0.2, -0.15) is 0 Å². The molecule has 2 saturated heterocycles. The molecule has 0 amide bonds. The SMILES string of the molecule is CC(=O)O[C@@H]1[C@@H](OC(C)=O)[C@H](C)O[C@@H](O[C@@H]2[C@@H](OCc3ccccc3)[C@H](C)O[C@@H](OC(=N)C(Cl)(Cl)Cl)[C@@H]2OC(C)=O)[C@@H]1OC(C)=O. The number of alkyl halides is 3. The fourth-order valence-corrected chi connectivity index (χ4v) is 5.09. The predicted octanol–water partition coefficient (Wildman–Crippen LogP) is 3.54. The Morgan fingerprint density at radius 3 is 1.65 bits per heavy atom. The number of hydrogen-bond donors (Lipinski definition) is 1. The summed E-state index contributed by atoms with van der Waals surface area (Å²) in [6, 6.07) is 9.11. The molecule has 0 spiro atoms. The topological polar surface area (TPSA) is 175 Å². The maximum absolute atomic E-state index is 12.4. The number of hydrogen-bond acceptors (Lipinski definition) is 14. The highest BCUT2D eigenvalue weighted by Gasteiger charge is 2.56. The molecule has 0 saturated carbocycles. The summed E-state index contributed by atoms with van der Waals surface area (Å²) in [5.41, 5.74) is 0.785. The molecule has 2 fully saturated rings. The lowest BCUT2D eigenvalue weighted by molar-refractivity contribution is -0.354. The normalized spacial score (nSPS) is 31.2. The first kappa shape index (κ1) is 37.7. The molecule has 10 atom stereocenters. The summed E-state index contributed by atoms with van der Waals surface area (Å²) in [4.78, 5) is 48.7. The van der Waals surface area contributed by atoms with Crippen molar-refractivity contribution in [3.63, 3.8) is 0 Å². The molecule has 0 aliphatic carbocycles. The second kappa shape index (κ2) is 16.4. The van der Waals surface area contributed by atoms with Gasteiger partial charge in [0.1, 0.15) is 12.2 Å². The lowest BCUT2D eigenvalue weighted by Gasteiger charge is -2.48. The van der Waals surface area contributed by atoms with Crippen LogP contribution < -0.4 is 0 Å². The van der Waals surface area contributed by atoms with Crippen molar-refractivity contribution in [2.24, 2.45) is 0 Å². The zero-order valence-corrected chi connectivity index (χ0v) is 28.1. The zero-order chi connectivity index (χ0) is 34.3. The van der Waals surface area contributed by atoms with E-state index in [1.165, 1.54) is 6.92 Å². The van der Waals surface area contributed by atoms with Crippen molar-refractivity contribution < 1.29 is 61.8 Å². The van der Waals surface area contributed by atoms with Gasteiger partial charge >= 0.3 is 23.9 Å². The number of halogens is 3. The second-order valence-electron chi connectivity index (χ2n) is 10.5. The fraction of sp³-hybridized carbons (Fsp3) is 0.621. The summed E-state index contributed by atoms with van der Waals surface area (Å²) < 4.78 is 49.8. The van der Waals surface area contributed by atoms with Gasteiger partial charge in [-0.25, -0.2) is 0 Å². The van der Waals surface area contributed by atoms with Gasteiger partial charge in [0.15, 0.2) is 30.7 Å². The molecule has 17 heteroatoms. The Morgan fingerprint density at radius 1 is 0.674 bits per heavy atom. The first-order chi connectivity index (χ1) is 21.5. The Bertz CT molecular complexity index is 1250. The van der Waals surface area contributed by atoms with E-state index in [1.54, 1.807) is 6.92 Å². The molecule has 0 aromatic heterocycles. The van der Waals surface area contributed by atoms with Crippen molar-refractivity contribution in [2.45, 2.75) is 113 Å². The molecule has 0 unspecified atom stereocenters. The molecular formula is C29H36Cl3NO13. The van der Waals surface area contributed by atoms with Crippen molar-refractivity contribution in [1.29, 1.82) is 5.41 Å². The van der Waals surface area contributed by atoms with Crippen LogP contribution in [0.1, 0.15) is 47.1 Å². The van der Waals surface area contributed by atoms with Crippen LogP contribution in [0.2, 0.25) is 0 Å². The van der Waals surface area contributed by atoms with Crippen LogP contribution in [0.5, 0.6) is 0 Å². The summed E-state index contributed by atoms with van der Waals surface area (Å²) in [5.74, 6) is -3.92.